The number of carbonyl (C=O) groups excluding carboxylic acids is 1. The molecule has 2 heterocycles. The van der Waals surface area contributed by atoms with E-state index in [0.717, 1.165) is 41.3 Å². The Morgan fingerprint density at radius 3 is 2.85 bits per heavy atom. The average molecular weight is 387 g/mol. The molecular weight excluding hydrogens is 365 g/mol. The molecule has 0 aliphatic carbocycles. The van der Waals surface area contributed by atoms with Crippen LogP contribution in [0.5, 0.6) is 11.5 Å². The van der Waals surface area contributed by atoms with Crippen LogP contribution < -0.4 is 9.47 Å². The van der Waals surface area contributed by atoms with Gasteiger partial charge in [0.25, 0.3) is 0 Å². The van der Waals surface area contributed by atoms with Crippen LogP contribution in [-0.2, 0) is 11.2 Å². The van der Waals surface area contributed by atoms with E-state index < -0.39 is 0 Å². The lowest BCUT2D eigenvalue weighted by Crippen LogP contribution is -2.37. The van der Waals surface area contributed by atoms with Gasteiger partial charge in [-0.15, -0.1) is 11.8 Å². The molecule has 0 saturated carbocycles. The molecule has 142 valence electrons. The van der Waals surface area contributed by atoms with Crippen molar-refractivity contribution in [1.29, 1.82) is 0 Å². The number of hydrogen-bond donors (Lipinski definition) is 0. The third-order valence-corrected chi connectivity index (χ3v) is 5.91. The van der Waals surface area contributed by atoms with Crippen molar-refractivity contribution in [2.24, 2.45) is 0 Å². The Bertz CT molecular complexity index is 829. The monoisotopic (exact) mass is 387 g/mol. The molecule has 4 nitrogen and oxygen atoms in total. The first kappa shape index (κ1) is 18.2. The molecule has 0 spiro atoms. The molecule has 0 aromatic heterocycles. The predicted octanol–water partition coefficient (Wildman–Crippen LogP) is 3.92. The summed E-state index contributed by atoms with van der Waals surface area (Å²) in [5, 5.41) is 0. The van der Waals surface area contributed by atoms with Crippen LogP contribution in [0.25, 0.3) is 0 Å². The van der Waals surface area contributed by atoms with Crippen molar-refractivity contribution in [3.63, 3.8) is 0 Å². The highest BCUT2D eigenvalue weighted by Crippen LogP contribution is 2.34. The summed E-state index contributed by atoms with van der Waals surface area (Å²) in [6.07, 6.45) is 2.68. The number of rotatable bonds is 5. The van der Waals surface area contributed by atoms with Gasteiger partial charge in [0, 0.05) is 17.5 Å². The van der Waals surface area contributed by atoms with Crippen LogP contribution in [0.2, 0.25) is 0 Å². The number of ether oxygens (including phenoxy) is 2. The van der Waals surface area contributed by atoms with E-state index in [2.05, 4.69) is 0 Å². The highest BCUT2D eigenvalue weighted by atomic mass is 32.2. The first-order valence-corrected chi connectivity index (χ1v) is 10.2. The van der Waals surface area contributed by atoms with Gasteiger partial charge < -0.3 is 14.4 Å². The molecule has 1 atom stereocenters. The molecule has 2 aliphatic heterocycles. The predicted molar refractivity (Wildman–Crippen MR) is 103 cm³/mol. The normalized spacial score (nSPS) is 18.6. The zero-order chi connectivity index (χ0) is 18.6. The Hall–Kier alpha value is -2.21. The number of carbonyl (C=O) groups is 1. The van der Waals surface area contributed by atoms with E-state index in [9.17, 15) is 9.18 Å². The van der Waals surface area contributed by atoms with E-state index in [1.165, 1.54) is 17.8 Å². The van der Waals surface area contributed by atoms with Gasteiger partial charge in [0.15, 0.2) is 11.5 Å². The molecule has 27 heavy (non-hydrogen) atoms. The van der Waals surface area contributed by atoms with Crippen LogP contribution in [0.1, 0.15) is 18.4 Å². The number of halogens is 1. The number of amides is 1. The maximum atomic E-state index is 13.4. The van der Waals surface area contributed by atoms with E-state index in [-0.39, 0.29) is 17.8 Å². The Labute approximate surface area is 162 Å². The van der Waals surface area contributed by atoms with E-state index >= 15 is 0 Å². The zero-order valence-corrected chi connectivity index (χ0v) is 15.8. The van der Waals surface area contributed by atoms with Crippen molar-refractivity contribution in [3.05, 3.63) is 53.8 Å². The van der Waals surface area contributed by atoms with Crippen molar-refractivity contribution in [2.45, 2.75) is 30.2 Å². The molecule has 2 aromatic carbocycles. The van der Waals surface area contributed by atoms with Crippen molar-refractivity contribution in [1.82, 2.24) is 4.90 Å². The Kier molecular flexibility index (Phi) is 5.53. The van der Waals surface area contributed by atoms with Gasteiger partial charge in [-0.1, -0.05) is 12.1 Å². The summed E-state index contributed by atoms with van der Waals surface area (Å²) < 4.78 is 24.6. The maximum absolute atomic E-state index is 13.4. The lowest BCUT2D eigenvalue weighted by atomic mass is 10.0. The zero-order valence-electron chi connectivity index (χ0n) is 15.0. The molecule has 6 heteroatoms. The fourth-order valence-electron chi connectivity index (χ4n) is 3.65. The first-order chi connectivity index (χ1) is 13.2. The Balaban J connectivity index is 1.36. The van der Waals surface area contributed by atoms with Crippen LogP contribution in [0.4, 0.5) is 4.39 Å². The van der Waals surface area contributed by atoms with Crippen LogP contribution in [0.3, 0.4) is 0 Å². The van der Waals surface area contributed by atoms with E-state index in [1.54, 1.807) is 12.1 Å². The summed E-state index contributed by atoms with van der Waals surface area (Å²) in [6, 6.07) is 12.6. The topological polar surface area (TPSA) is 38.8 Å². The summed E-state index contributed by atoms with van der Waals surface area (Å²) >= 11 is 1.51. The van der Waals surface area contributed by atoms with Crippen molar-refractivity contribution < 1.29 is 18.7 Å². The largest absolute Gasteiger partial charge is 0.486 e. The van der Waals surface area contributed by atoms with Crippen molar-refractivity contribution in [2.75, 3.05) is 25.5 Å². The molecule has 1 unspecified atom stereocenters. The van der Waals surface area contributed by atoms with Gasteiger partial charge in [-0.3, -0.25) is 4.79 Å². The number of likely N-dealkylation sites (tertiary alicyclic amines) is 1. The third kappa shape index (κ3) is 4.38. The van der Waals surface area contributed by atoms with Gasteiger partial charge in [-0.2, -0.15) is 0 Å². The lowest BCUT2D eigenvalue weighted by Gasteiger charge is -2.25. The fourth-order valence-corrected chi connectivity index (χ4v) is 4.46. The third-order valence-electron chi connectivity index (χ3n) is 4.93. The molecule has 0 radical (unpaired) electrons. The van der Waals surface area contributed by atoms with Crippen LogP contribution in [-0.4, -0.2) is 42.4 Å². The molecule has 2 aliphatic rings. The van der Waals surface area contributed by atoms with E-state index in [4.69, 9.17) is 9.47 Å². The maximum Gasteiger partial charge on any atom is 0.233 e. The number of fused-ring (bicyclic) bond motifs is 1. The van der Waals surface area contributed by atoms with Gasteiger partial charge in [0.1, 0.15) is 19.0 Å². The van der Waals surface area contributed by atoms with Crippen LogP contribution >= 0.6 is 11.8 Å². The second-order valence-corrected chi connectivity index (χ2v) is 7.86. The quantitative estimate of drug-likeness (QED) is 0.729. The first-order valence-electron chi connectivity index (χ1n) is 9.25. The minimum absolute atomic E-state index is 0.133. The van der Waals surface area contributed by atoms with Gasteiger partial charge >= 0.3 is 0 Å². The molecule has 1 saturated heterocycles. The SMILES string of the molecule is O=C(CSc1ccc2c(c1)OCCO2)N1CCCC1Cc1cccc(F)c1. The van der Waals surface area contributed by atoms with Crippen molar-refractivity contribution in [3.8, 4) is 11.5 Å². The van der Waals surface area contributed by atoms with E-state index in [0.29, 0.717) is 25.4 Å². The highest BCUT2D eigenvalue weighted by molar-refractivity contribution is 8.00. The minimum atomic E-state index is -0.225. The van der Waals surface area contributed by atoms with Crippen molar-refractivity contribution >= 4 is 17.7 Å². The molecule has 0 bridgehead atoms. The second-order valence-electron chi connectivity index (χ2n) is 6.81. The number of benzene rings is 2. The molecule has 4 rings (SSSR count). The summed E-state index contributed by atoms with van der Waals surface area (Å²) in [4.78, 5) is 15.7. The van der Waals surface area contributed by atoms with Crippen LogP contribution in [0, 0.1) is 5.82 Å². The van der Waals surface area contributed by atoms with Gasteiger partial charge in [0.05, 0.1) is 5.75 Å². The Morgan fingerprint density at radius 2 is 2.00 bits per heavy atom. The molecule has 1 amide bonds. The lowest BCUT2D eigenvalue weighted by molar-refractivity contribution is -0.129. The highest BCUT2D eigenvalue weighted by Gasteiger charge is 2.28. The van der Waals surface area contributed by atoms with Gasteiger partial charge in [-0.25, -0.2) is 4.39 Å². The summed E-state index contributed by atoms with van der Waals surface area (Å²) in [7, 11) is 0. The average Bonchev–Trinajstić information content (AvgIpc) is 3.14. The van der Waals surface area contributed by atoms with E-state index in [1.807, 2.05) is 29.2 Å². The smallest absolute Gasteiger partial charge is 0.233 e. The molecule has 0 N–H and O–H groups in total. The minimum Gasteiger partial charge on any atom is -0.486 e. The number of hydrogen-bond acceptors (Lipinski definition) is 4. The summed E-state index contributed by atoms with van der Waals surface area (Å²) in [6.45, 7) is 1.90. The van der Waals surface area contributed by atoms with Gasteiger partial charge in [0.2, 0.25) is 5.91 Å². The Morgan fingerprint density at radius 1 is 1.15 bits per heavy atom. The summed E-state index contributed by atoms with van der Waals surface area (Å²) in [5.41, 5.74) is 0.944. The number of nitrogens with zero attached hydrogens (tertiary/aromatic N) is 1. The second kappa shape index (κ2) is 8.21. The van der Waals surface area contributed by atoms with Crippen LogP contribution in [0.15, 0.2) is 47.4 Å². The standard InChI is InChI=1S/C21H22FNO3S/c22-16-4-1-3-15(11-16)12-17-5-2-8-23(17)21(24)14-27-18-6-7-19-20(13-18)26-10-9-25-19/h1,3-4,6-7,11,13,17H,2,5,8-10,12,14H2. The number of thioether (sulfide) groups is 1. The molecular formula is C21H22FNO3S. The molecule has 2 aromatic rings. The summed E-state index contributed by atoms with van der Waals surface area (Å²) in [5.74, 6) is 1.79. The van der Waals surface area contributed by atoms with Gasteiger partial charge in [-0.05, 0) is 55.2 Å². The fraction of sp³-hybridized carbons (Fsp3) is 0.381. The molecule has 1 fully saturated rings.